The van der Waals surface area contributed by atoms with Crippen LogP contribution in [0.3, 0.4) is 0 Å². The Morgan fingerprint density at radius 3 is 2.36 bits per heavy atom. The molecule has 0 N–H and O–H groups in total. The summed E-state index contributed by atoms with van der Waals surface area (Å²) < 4.78 is 1.30. The summed E-state index contributed by atoms with van der Waals surface area (Å²) in [7, 11) is 0. The van der Waals surface area contributed by atoms with Crippen LogP contribution < -0.4 is 0 Å². The molecule has 82 valence electrons. The maximum Gasteiger partial charge on any atom is 0.0976 e. The monoisotopic (exact) mass is 260 g/mol. The lowest BCUT2D eigenvalue weighted by molar-refractivity contribution is -0.925. The molecule has 14 heavy (non-hydrogen) atoms. The summed E-state index contributed by atoms with van der Waals surface area (Å²) in [5.74, 6) is 0. The van der Waals surface area contributed by atoms with Crippen LogP contribution in [0.2, 0.25) is 0 Å². The van der Waals surface area contributed by atoms with Crippen LogP contribution in [0, 0.1) is 0 Å². The molecule has 0 aliphatic carbocycles. The maximum absolute atomic E-state index is 3.70. The molecule has 0 aromatic rings. The lowest BCUT2D eigenvalue weighted by Crippen LogP contribution is -2.51. The average Bonchev–Trinajstić information content (AvgIpc) is 2.20. The molecule has 1 aliphatic heterocycles. The van der Waals surface area contributed by atoms with Gasteiger partial charge in [-0.1, -0.05) is 18.7 Å². The second kappa shape index (κ2) is 7.24. The number of halogens is 1. The third-order valence-electron chi connectivity index (χ3n) is 3.20. The van der Waals surface area contributed by atoms with Gasteiger partial charge in [0.2, 0.25) is 0 Å². The first kappa shape index (κ1) is 13.9. The van der Waals surface area contributed by atoms with Crippen molar-refractivity contribution >= 4 is 17.0 Å². The number of quaternary nitrogens is 1. The molecule has 0 saturated carbocycles. The third kappa shape index (κ3) is 3.97. The molecule has 0 atom stereocenters. The van der Waals surface area contributed by atoms with Crippen LogP contribution in [0.25, 0.3) is 0 Å². The Labute approximate surface area is 98.9 Å². The highest BCUT2D eigenvalue weighted by Crippen LogP contribution is 2.18. The fraction of sp³-hybridized carbons (Fsp3) is 0.667. The molecule has 1 saturated heterocycles. The molecule has 0 unspecified atom stereocenters. The summed E-state index contributed by atoms with van der Waals surface area (Å²) in [6, 6.07) is 0. The van der Waals surface area contributed by atoms with Crippen molar-refractivity contribution in [2.45, 2.75) is 26.2 Å². The lowest BCUT2D eigenvalue weighted by atomic mass is 10.1. The van der Waals surface area contributed by atoms with Crippen molar-refractivity contribution in [1.29, 1.82) is 0 Å². The highest BCUT2D eigenvalue weighted by Gasteiger charge is 2.25. The smallest absolute Gasteiger partial charge is 0.0976 e. The van der Waals surface area contributed by atoms with Crippen molar-refractivity contribution in [2.75, 3.05) is 26.2 Å². The SMILES string of the molecule is Br.C=C/C=C/C[N+]1(CC)CCCCC1. The number of hydrogen-bond acceptors (Lipinski definition) is 0. The average molecular weight is 261 g/mol. The van der Waals surface area contributed by atoms with Gasteiger partial charge >= 0.3 is 0 Å². The van der Waals surface area contributed by atoms with Crippen LogP contribution in [-0.4, -0.2) is 30.7 Å². The van der Waals surface area contributed by atoms with Gasteiger partial charge in [-0.3, -0.25) is 0 Å². The van der Waals surface area contributed by atoms with Crippen molar-refractivity contribution in [3.05, 3.63) is 24.8 Å². The number of piperidine rings is 1. The van der Waals surface area contributed by atoms with E-state index in [4.69, 9.17) is 0 Å². The van der Waals surface area contributed by atoms with Crippen molar-refractivity contribution < 1.29 is 4.48 Å². The van der Waals surface area contributed by atoms with Gasteiger partial charge in [-0.05, 0) is 32.3 Å². The molecule has 1 nitrogen and oxygen atoms in total. The van der Waals surface area contributed by atoms with Crippen molar-refractivity contribution in [1.82, 2.24) is 0 Å². The zero-order valence-corrected chi connectivity index (χ0v) is 11.0. The van der Waals surface area contributed by atoms with E-state index in [9.17, 15) is 0 Å². The zero-order valence-electron chi connectivity index (χ0n) is 9.24. The summed E-state index contributed by atoms with van der Waals surface area (Å²) in [5, 5.41) is 0. The lowest BCUT2D eigenvalue weighted by Gasteiger charge is -2.40. The molecule has 0 bridgehead atoms. The molecule has 0 spiro atoms. The molecule has 0 aromatic heterocycles. The summed E-state index contributed by atoms with van der Waals surface area (Å²) in [5.41, 5.74) is 0. The van der Waals surface area contributed by atoms with E-state index in [1.807, 2.05) is 6.08 Å². The number of rotatable bonds is 4. The number of hydrogen-bond donors (Lipinski definition) is 0. The summed E-state index contributed by atoms with van der Waals surface area (Å²) >= 11 is 0. The van der Waals surface area contributed by atoms with Crippen molar-refractivity contribution in [3.63, 3.8) is 0 Å². The summed E-state index contributed by atoms with van der Waals surface area (Å²) in [6.45, 7) is 11.2. The third-order valence-corrected chi connectivity index (χ3v) is 3.20. The van der Waals surface area contributed by atoms with E-state index in [1.165, 1.54) is 49.9 Å². The van der Waals surface area contributed by atoms with Gasteiger partial charge in [0.05, 0.1) is 26.2 Å². The standard InChI is InChI=1S/C12H22N.BrH/c1-3-5-7-10-13(4-2)11-8-6-9-12-13;/h3,5,7H,1,4,6,8-12H2,2H3;1H/q+1;/b7-5+;. The van der Waals surface area contributed by atoms with Gasteiger partial charge < -0.3 is 4.48 Å². The van der Waals surface area contributed by atoms with Crippen LogP contribution in [0.4, 0.5) is 0 Å². The number of nitrogens with zero attached hydrogens (tertiary/aromatic N) is 1. The Morgan fingerprint density at radius 2 is 1.86 bits per heavy atom. The van der Waals surface area contributed by atoms with E-state index in [0.29, 0.717) is 0 Å². The van der Waals surface area contributed by atoms with Crippen LogP contribution in [-0.2, 0) is 0 Å². The predicted octanol–water partition coefficient (Wildman–Crippen LogP) is 3.33. The second-order valence-electron chi connectivity index (χ2n) is 4.01. The van der Waals surface area contributed by atoms with Gasteiger partial charge in [-0.2, -0.15) is 0 Å². The summed E-state index contributed by atoms with van der Waals surface area (Å²) in [6.07, 6.45) is 10.5. The Balaban J connectivity index is 0.00000169. The van der Waals surface area contributed by atoms with Gasteiger partial charge in [0.25, 0.3) is 0 Å². The van der Waals surface area contributed by atoms with Gasteiger partial charge in [-0.15, -0.1) is 17.0 Å². The topological polar surface area (TPSA) is 0 Å². The minimum Gasteiger partial charge on any atom is -0.321 e. The normalized spacial score (nSPS) is 20.4. The Hall–Kier alpha value is -0.0800. The van der Waals surface area contributed by atoms with E-state index in [-0.39, 0.29) is 17.0 Å². The van der Waals surface area contributed by atoms with E-state index in [2.05, 4.69) is 25.7 Å². The quantitative estimate of drug-likeness (QED) is 0.538. The molecular weight excluding hydrogens is 238 g/mol. The van der Waals surface area contributed by atoms with Crippen LogP contribution >= 0.6 is 17.0 Å². The Morgan fingerprint density at radius 1 is 1.21 bits per heavy atom. The van der Waals surface area contributed by atoms with Crippen LogP contribution in [0.1, 0.15) is 26.2 Å². The maximum atomic E-state index is 3.70. The van der Waals surface area contributed by atoms with E-state index in [0.717, 1.165) is 0 Å². The number of likely N-dealkylation sites (tertiary alicyclic amines) is 1. The number of allylic oxidation sites excluding steroid dienone is 2. The fourth-order valence-corrected chi connectivity index (χ4v) is 2.19. The Kier molecular flexibility index (Phi) is 7.20. The molecule has 0 amide bonds. The van der Waals surface area contributed by atoms with Gasteiger partial charge in [0.15, 0.2) is 0 Å². The van der Waals surface area contributed by atoms with Gasteiger partial charge in [0, 0.05) is 0 Å². The number of likely N-dealkylation sites (N-methyl/N-ethyl adjacent to an activating group) is 1. The second-order valence-corrected chi connectivity index (χ2v) is 4.01. The summed E-state index contributed by atoms with van der Waals surface area (Å²) in [4.78, 5) is 0. The zero-order chi connectivity index (χ0) is 9.57. The minimum absolute atomic E-state index is 0. The van der Waals surface area contributed by atoms with Gasteiger partial charge in [-0.25, -0.2) is 0 Å². The van der Waals surface area contributed by atoms with Crippen molar-refractivity contribution in [2.24, 2.45) is 0 Å². The molecule has 0 radical (unpaired) electrons. The molecule has 1 aliphatic rings. The minimum atomic E-state index is 0. The predicted molar refractivity (Wildman–Crippen MR) is 68.9 cm³/mol. The molecule has 0 aromatic carbocycles. The first-order valence-corrected chi connectivity index (χ1v) is 5.46. The highest BCUT2D eigenvalue weighted by atomic mass is 79.9. The Bertz CT molecular complexity index is 181. The largest absolute Gasteiger partial charge is 0.321 e. The molecule has 2 heteroatoms. The first-order valence-electron chi connectivity index (χ1n) is 5.46. The molecule has 1 rings (SSSR count). The fourth-order valence-electron chi connectivity index (χ4n) is 2.19. The molecule has 1 heterocycles. The first-order chi connectivity index (χ1) is 6.33. The van der Waals surface area contributed by atoms with Crippen molar-refractivity contribution in [3.8, 4) is 0 Å². The molecule has 1 fully saturated rings. The van der Waals surface area contributed by atoms with E-state index in [1.54, 1.807) is 0 Å². The highest BCUT2D eigenvalue weighted by molar-refractivity contribution is 8.93. The van der Waals surface area contributed by atoms with Gasteiger partial charge in [0.1, 0.15) is 0 Å². The van der Waals surface area contributed by atoms with E-state index < -0.39 is 0 Å². The van der Waals surface area contributed by atoms with Crippen LogP contribution in [0.15, 0.2) is 24.8 Å². The molecular formula is C12H23BrN+. The van der Waals surface area contributed by atoms with E-state index >= 15 is 0 Å². The van der Waals surface area contributed by atoms with Crippen LogP contribution in [0.5, 0.6) is 0 Å².